The largest absolute Gasteiger partial charge is 0.464 e. The molecule has 0 saturated carbocycles. The third-order valence-electron chi connectivity index (χ3n) is 2.38. The minimum Gasteiger partial charge on any atom is -0.464 e. The zero-order chi connectivity index (χ0) is 12.2. The van der Waals surface area contributed by atoms with Crippen LogP contribution in [-0.4, -0.2) is 29.5 Å². The normalized spacial score (nSPS) is 12.4. The Morgan fingerprint density at radius 1 is 1.25 bits per heavy atom. The summed E-state index contributed by atoms with van der Waals surface area (Å²) >= 11 is 4.03. The highest BCUT2D eigenvalue weighted by molar-refractivity contribution is 7.81. The molecular weight excluding hydrogens is 224 g/mol. The summed E-state index contributed by atoms with van der Waals surface area (Å²) in [4.78, 5) is 11.2. The van der Waals surface area contributed by atoms with E-state index in [1.165, 1.54) is 25.7 Å². The lowest BCUT2D eigenvalue weighted by atomic mass is 10.1. The van der Waals surface area contributed by atoms with Crippen LogP contribution in [0.15, 0.2) is 0 Å². The average molecular weight is 248 g/mol. The average Bonchev–Trinajstić information content (AvgIpc) is 2.30. The maximum absolute atomic E-state index is 11.2. The number of esters is 1. The summed E-state index contributed by atoms with van der Waals surface area (Å²) in [5.41, 5.74) is 0. The number of ether oxygens (including phenoxy) is 1. The first-order valence-corrected chi connectivity index (χ1v) is 6.66. The van der Waals surface area contributed by atoms with Crippen LogP contribution in [0.3, 0.4) is 0 Å². The summed E-state index contributed by atoms with van der Waals surface area (Å²) in [5, 5.41) is 8.42. The number of aliphatic hydroxyl groups is 1. The summed E-state index contributed by atoms with van der Waals surface area (Å²) in [6.07, 6.45) is 7.47. The minimum absolute atomic E-state index is 0.0621. The lowest BCUT2D eigenvalue weighted by Crippen LogP contribution is -2.17. The van der Waals surface area contributed by atoms with Gasteiger partial charge in [-0.25, -0.2) is 0 Å². The van der Waals surface area contributed by atoms with Gasteiger partial charge in [-0.15, -0.1) is 0 Å². The van der Waals surface area contributed by atoms with Gasteiger partial charge in [-0.1, -0.05) is 39.0 Å². The molecule has 0 aliphatic rings. The Morgan fingerprint density at radius 3 is 2.50 bits per heavy atom. The van der Waals surface area contributed by atoms with Crippen LogP contribution in [0.1, 0.15) is 51.9 Å². The molecule has 0 aliphatic heterocycles. The third-order valence-corrected chi connectivity index (χ3v) is 2.69. The summed E-state index contributed by atoms with van der Waals surface area (Å²) in [5.74, 6) is -0.178. The SMILES string of the molecule is CCCCCCCCC(=O)OCC(S)CO. The molecule has 0 aromatic rings. The highest BCUT2D eigenvalue weighted by Crippen LogP contribution is 2.07. The van der Waals surface area contributed by atoms with Gasteiger partial charge in [0, 0.05) is 6.42 Å². The first kappa shape index (κ1) is 15.8. The van der Waals surface area contributed by atoms with Crippen molar-refractivity contribution >= 4 is 18.6 Å². The molecule has 0 saturated heterocycles. The number of rotatable bonds is 10. The molecule has 0 heterocycles. The zero-order valence-corrected chi connectivity index (χ0v) is 11.0. The van der Waals surface area contributed by atoms with Crippen molar-refractivity contribution in [1.29, 1.82) is 0 Å². The van der Waals surface area contributed by atoms with Crippen molar-refractivity contribution in [2.75, 3.05) is 13.2 Å². The van der Waals surface area contributed by atoms with E-state index in [1.54, 1.807) is 0 Å². The third kappa shape index (κ3) is 10.3. The van der Waals surface area contributed by atoms with Crippen molar-refractivity contribution in [1.82, 2.24) is 0 Å². The van der Waals surface area contributed by atoms with Gasteiger partial charge < -0.3 is 9.84 Å². The summed E-state index contributed by atoms with van der Waals surface area (Å²) in [6, 6.07) is 0. The Hall–Kier alpha value is -0.220. The topological polar surface area (TPSA) is 46.5 Å². The number of thiol groups is 1. The predicted octanol–water partition coefficient (Wildman–Crippen LogP) is 2.57. The fourth-order valence-electron chi connectivity index (χ4n) is 1.36. The molecule has 0 radical (unpaired) electrons. The van der Waals surface area contributed by atoms with Crippen LogP contribution in [0.2, 0.25) is 0 Å². The van der Waals surface area contributed by atoms with Crippen molar-refractivity contribution in [3.63, 3.8) is 0 Å². The van der Waals surface area contributed by atoms with Crippen LogP contribution in [0.4, 0.5) is 0 Å². The second-order valence-electron chi connectivity index (χ2n) is 4.04. The van der Waals surface area contributed by atoms with E-state index in [9.17, 15) is 4.79 Å². The molecule has 0 spiro atoms. The first-order chi connectivity index (χ1) is 7.70. The van der Waals surface area contributed by atoms with Gasteiger partial charge in [0.15, 0.2) is 0 Å². The highest BCUT2D eigenvalue weighted by atomic mass is 32.1. The zero-order valence-electron chi connectivity index (χ0n) is 10.2. The van der Waals surface area contributed by atoms with Crippen LogP contribution in [0.25, 0.3) is 0 Å². The lowest BCUT2D eigenvalue weighted by molar-refractivity contribution is -0.143. The summed E-state index contributed by atoms with van der Waals surface area (Å²) in [7, 11) is 0. The molecular formula is C12H24O3S. The van der Waals surface area contributed by atoms with E-state index in [1.807, 2.05) is 0 Å². The molecule has 1 atom stereocenters. The Bertz CT molecular complexity index is 174. The highest BCUT2D eigenvalue weighted by Gasteiger charge is 2.06. The Labute approximate surface area is 104 Å². The van der Waals surface area contributed by atoms with Gasteiger partial charge in [-0.05, 0) is 6.42 Å². The monoisotopic (exact) mass is 248 g/mol. The molecule has 4 heteroatoms. The number of unbranched alkanes of at least 4 members (excludes halogenated alkanes) is 5. The van der Waals surface area contributed by atoms with E-state index < -0.39 is 0 Å². The van der Waals surface area contributed by atoms with Crippen molar-refractivity contribution in [3.8, 4) is 0 Å². The number of hydrogen-bond donors (Lipinski definition) is 2. The van der Waals surface area contributed by atoms with Crippen molar-refractivity contribution in [3.05, 3.63) is 0 Å². The van der Waals surface area contributed by atoms with E-state index in [-0.39, 0.29) is 24.4 Å². The lowest BCUT2D eigenvalue weighted by Gasteiger charge is -2.08. The van der Waals surface area contributed by atoms with Gasteiger partial charge in [-0.3, -0.25) is 4.79 Å². The Balaban J connectivity index is 3.24. The minimum atomic E-state index is -0.256. The van der Waals surface area contributed by atoms with E-state index in [4.69, 9.17) is 9.84 Å². The molecule has 96 valence electrons. The molecule has 0 fully saturated rings. The maximum atomic E-state index is 11.2. The molecule has 0 aromatic carbocycles. The fourth-order valence-corrected chi connectivity index (χ4v) is 1.44. The molecule has 16 heavy (non-hydrogen) atoms. The van der Waals surface area contributed by atoms with Gasteiger partial charge in [0.2, 0.25) is 0 Å². The van der Waals surface area contributed by atoms with Gasteiger partial charge in [0.1, 0.15) is 6.61 Å². The second-order valence-corrected chi connectivity index (χ2v) is 4.77. The molecule has 0 aromatic heterocycles. The standard InChI is InChI=1S/C12H24O3S/c1-2-3-4-5-6-7-8-12(14)15-10-11(16)9-13/h11,13,16H,2-10H2,1H3. The molecule has 1 N–H and O–H groups in total. The molecule has 3 nitrogen and oxygen atoms in total. The van der Waals surface area contributed by atoms with Crippen LogP contribution in [0.5, 0.6) is 0 Å². The first-order valence-electron chi connectivity index (χ1n) is 6.15. The number of aliphatic hydroxyl groups excluding tert-OH is 1. The van der Waals surface area contributed by atoms with Crippen LogP contribution < -0.4 is 0 Å². The smallest absolute Gasteiger partial charge is 0.305 e. The number of hydrogen-bond acceptors (Lipinski definition) is 4. The quantitative estimate of drug-likeness (QED) is 0.355. The van der Waals surface area contributed by atoms with E-state index >= 15 is 0 Å². The van der Waals surface area contributed by atoms with Crippen LogP contribution in [-0.2, 0) is 9.53 Å². The maximum Gasteiger partial charge on any atom is 0.305 e. The summed E-state index contributed by atoms with van der Waals surface area (Å²) in [6.45, 7) is 2.33. The van der Waals surface area contributed by atoms with E-state index in [0.717, 1.165) is 12.8 Å². The second kappa shape index (κ2) is 11.3. The number of carbonyl (C=O) groups is 1. The number of carbonyl (C=O) groups excluding carboxylic acids is 1. The molecule has 0 rings (SSSR count). The van der Waals surface area contributed by atoms with E-state index in [0.29, 0.717) is 6.42 Å². The molecule has 0 bridgehead atoms. The van der Waals surface area contributed by atoms with Crippen molar-refractivity contribution in [2.45, 2.75) is 57.1 Å². The van der Waals surface area contributed by atoms with Crippen LogP contribution in [0, 0.1) is 0 Å². The fraction of sp³-hybridized carbons (Fsp3) is 0.917. The molecule has 1 unspecified atom stereocenters. The molecule has 0 aliphatic carbocycles. The van der Waals surface area contributed by atoms with Gasteiger partial charge >= 0.3 is 5.97 Å². The van der Waals surface area contributed by atoms with Gasteiger partial charge in [0.05, 0.1) is 11.9 Å². The predicted molar refractivity (Wildman–Crippen MR) is 68.8 cm³/mol. The molecule has 0 amide bonds. The van der Waals surface area contributed by atoms with Gasteiger partial charge in [-0.2, -0.15) is 12.6 Å². The van der Waals surface area contributed by atoms with E-state index in [2.05, 4.69) is 19.6 Å². The van der Waals surface area contributed by atoms with Crippen molar-refractivity contribution in [2.24, 2.45) is 0 Å². The van der Waals surface area contributed by atoms with Gasteiger partial charge in [0.25, 0.3) is 0 Å². The van der Waals surface area contributed by atoms with Crippen LogP contribution >= 0.6 is 12.6 Å². The van der Waals surface area contributed by atoms with Crippen molar-refractivity contribution < 1.29 is 14.6 Å². The Kier molecular flexibility index (Phi) is 11.1. The summed E-state index contributed by atoms with van der Waals surface area (Å²) < 4.78 is 4.95. The Morgan fingerprint density at radius 2 is 1.88 bits per heavy atom.